The summed E-state index contributed by atoms with van der Waals surface area (Å²) in [6.07, 6.45) is 3.60. The molecular weight excluding hydrogens is 376 g/mol. The monoisotopic (exact) mass is 396 g/mol. The van der Waals surface area contributed by atoms with E-state index in [2.05, 4.69) is 20.8 Å². The van der Waals surface area contributed by atoms with E-state index in [9.17, 15) is 14.4 Å². The maximum Gasteiger partial charge on any atom is 0.325 e. The van der Waals surface area contributed by atoms with E-state index in [1.54, 1.807) is 16.5 Å². The van der Waals surface area contributed by atoms with Gasteiger partial charge in [-0.25, -0.2) is 4.79 Å². The summed E-state index contributed by atoms with van der Waals surface area (Å²) in [5.74, 6) is 0.525. The smallest absolute Gasteiger partial charge is 0.325 e. The summed E-state index contributed by atoms with van der Waals surface area (Å²) in [4.78, 5) is 38.0. The van der Waals surface area contributed by atoms with Crippen LogP contribution in [0.5, 0.6) is 0 Å². The largest absolute Gasteiger partial charge is 0.467 e. The van der Waals surface area contributed by atoms with Crippen molar-refractivity contribution in [3.05, 3.63) is 54.4 Å². The number of hydrogen-bond acceptors (Lipinski definition) is 6. The number of carbonyl (C=O) groups is 3. The second-order valence-electron chi connectivity index (χ2n) is 6.82. The molecule has 4 heterocycles. The molecule has 0 spiro atoms. The SMILES string of the molecule is C[C@H](NC(=O)CC[C@@H]1NC(=O)N(Cc2ccco2)C1=O)c1nnc2ccccn12. The Labute approximate surface area is 165 Å². The van der Waals surface area contributed by atoms with E-state index in [-0.39, 0.29) is 37.2 Å². The molecular formula is C19H20N6O4. The highest BCUT2D eigenvalue weighted by Gasteiger charge is 2.38. The highest BCUT2D eigenvalue weighted by Crippen LogP contribution is 2.16. The number of furan rings is 1. The van der Waals surface area contributed by atoms with Gasteiger partial charge in [-0.15, -0.1) is 10.2 Å². The fraction of sp³-hybridized carbons (Fsp3) is 0.316. The molecule has 10 heteroatoms. The van der Waals surface area contributed by atoms with Crippen LogP contribution >= 0.6 is 0 Å². The van der Waals surface area contributed by atoms with Crippen LogP contribution in [0.15, 0.2) is 47.2 Å². The highest BCUT2D eigenvalue weighted by molar-refractivity contribution is 6.04. The minimum Gasteiger partial charge on any atom is -0.467 e. The van der Waals surface area contributed by atoms with Gasteiger partial charge in [-0.1, -0.05) is 6.07 Å². The third-order valence-corrected chi connectivity index (χ3v) is 4.77. The number of imide groups is 1. The number of nitrogens with zero attached hydrogens (tertiary/aromatic N) is 4. The molecule has 1 fully saturated rings. The van der Waals surface area contributed by atoms with Crippen molar-refractivity contribution in [2.75, 3.05) is 0 Å². The van der Waals surface area contributed by atoms with Crippen LogP contribution in [-0.2, 0) is 16.1 Å². The average molecular weight is 396 g/mol. The maximum atomic E-state index is 12.5. The summed E-state index contributed by atoms with van der Waals surface area (Å²) in [5, 5.41) is 13.7. The zero-order chi connectivity index (χ0) is 20.4. The standard InChI is InChI=1S/C19H20N6O4/c1-12(17-23-22-15-6-2-3-9-24(15)17)20-16(26)8-7-14-18(27)25(19(28)21-14)11-13-5-4-10-29-13/h2-6,9-10,12,14H,7-8,11H2,1H3,(H,20,26)(H,21,28)/t12-,14-/m0/s1. The third kappa shape index (κ3) is 3.82. The number of fused-ring (bicyclic) bond motifs is 1. The lowest BCUT2D eigenvalue weighted by molar-refractivity contribution is -0.128. The minimum atomic E-state index is -0.729. The molecule has 29 heavy (non-hydrogen) atoms. The van der Waals surface area contributed by atoms with Crippen molar-refractivity contribution in [1.82, 2.24) is 30.1 Å². The van der Waals surface area contributed by atoms with E-state index in [4.69, 9.17) is 4.42 Å². The van der Waals surface area contributed by atoms with Crippen molar-refractivity contribution in [2.24, 2.45) is 0 Å². The van der Waals surface area contributed by atoms with Gasteiger partial charge < -0.3 is 15.1 Å². The van der Waals surface area contributed by atoms with Crippen molar-refractivity contribution in [1.29, 1.82) is 0 Å². The van der Waals surface area contributed by atoms with Crippen LogP contribution in [0, 0.1) is 0 Å². The lowest BCUT2D eigenvalue weighted by Crippen LogP contribution is -2.33. The first kappa shape index (κ1) is 18.7. The summed E-state index contributed by atoms with van der Waals surface area (Å²) in [7, 11) is 0. The molecule has 3 aromatic rings. The number of rotatable bonds is 7. The van der Waals surface area contributed by atoms with Gasteiger partial charge in [-0.05, 0) is 37.6 Å². The third-order valence-electron chi connectivity index (χ3n) is 4.77. The average Bonchev–Trinajstić information content (AvgIpc) is 3.42. The molecule has 4 rings (SSSR count). The zero-order valence-corrected chi connectivity index (χ0v) is 15.7. The molecule has 4 amide bonds. The van der Waals surface area contributed by atoms with E-state index in [0.29, 0.717) is 17.2 Å². The van der Waals surface area contributed by atoms with Crippen molar-refractivity contribution in [2.45, 2.75) is 38.4 Å². The summed E-state index contributed by atoms with van der Waals surface area (Å²) in [6.45, 7) is 1.88. The van der Waals surface area contributed by atoms with E-state index in [1.165, 1.54) is 6.26 Å². The lowest BCUT2D eigenvalue weighted by Gasteiger charge is -2.14. The zero-order valence-electron chi connectivity index (χ0n) is 15.7. The fourth-order valence-corrected chi connectivity index (χ4v) is 3.29. The number of hydrogen-bond donors (Lipinski definition) is 2. The highest BCUT2D eigenvalue weighted by atomic mass is 16.3. The predicted octanol–water partition coefficient (Wildman–Crippen LogP) is 1.40. The van der Waals surface area contributed by atoms with Crippen LogP contribution in [0.3, 0.4) is 0 Å². The van der Waals surface area contributed by atoms with Crippen LogP contribution in [0.1, 0.15) is 37.4 Å². The first-order chi connectivity index (χ1) is 14.0. The number of aromatic nitrogens is 3. The van der Waals surface area contributed by atoms with Crippen LogP contribution in [0.2, 0.25) is 0 Å². The molecule has 0 radical (unpaired) electrons. The van der Waals surface area contributed by atoms with Crippen molar-refractivity contribution in [3.63, 3.8) is 0 Å². The van der Waals surface area contributed by atoms with Crippen LogP contribution < -0.4 is 10.6 Å². The molecule has 3 aromatic heterocycles. The maximum absolute atomic E-state index is 12.5. The van der Waals surface area contributed by atoms with Crippen molar-refractivity contribution >= 4 is 23.5 Å². The van der Waals surface area contributed by atoms with Gasteiger partial charge in [0, 0.05) is 12.6 Å². The van der Waals surface area contributed by atoms with Gasteiger partial charge >= 0.3 is 6.03 Å². The Morgan fingerprint density at radius 2 is 2.14 bits per heavy atom. The molecule has 1 aliphatic rings. The summed E-state index contributed by atoms with van der Waals surface area (Å²) in [6, 6.07) is 7.35. The second-order valence-corrected chi connectivity index (χ2v) is 6.82. The number of amides is 4. The molecule has 2 atom stereocenters. The molecule has 1 aliphatic heterocycles. The first-order valence-corrected chi connectivity index (χ1v) is 9.26. The number of pyridine rings is 1. The Morgan fingerprint density at radius 3 is 2.93 bits per heavy atom. The Hall–Kier alpha value is -3.69. The van der Waals surface area contributed by atoms with Gasteiger partial charge in [0.05, 0.1) is 18.8 Å². The van der Waals surface area contributed by atoms with E-state index in [0.717, 1.165) is 4.90 Å². The second kappa shape index (κ2) is 7.74. The normalized spacial score (nSPS) is 17.6. The molecule has 10 nitrogen and oxygen atoms in total. The Balaban J connectivity index is 1.31. The minimum absolute atomic E-state index is 0.0668. The van der Waals surface area contributed by atoms with Crippen LogP contribution in [-0.4, -0.2) is 43.4 Å². The van der Waals surface area contributed by atoms with E-state index < -0.39 is 12.1 Å². The molecule has 1 saturated heterocycles. The first-order valence-electron chi connectivity index (χ1n) is 9.26. The quantitative estimate of drug-likeness (QED) is 0.582. The number of carbonyl (C=O) groups excluding carboxylic acids is 3. The van der Waals surface area contributed by atoms with Gasteiger partial charge in [-0.2, -0.15) is 0 Å². The Bertz CT molecular complexity index is 1040. The van der Waals surface area contributed by atoms with E-state index in [1.807, 2.05) is 31.3 Å². The van der Waals surface area contributed by atoms with Crippen LogP contribution in [0.25, 0.3) is 5.65 Å². The van der Waals surface area contributed by atoms with Gasteiger partial charge in [-0.3, -0.25) is 18.9 Å². The van der Waals surface area contributed by atoms with Gasteiger partial charge in [0.2, 0.25) is 5.91 Å². The number of nitrogens with one attached hydrogen (secondary N) is 2. The van der Waals surface area contributed by atoms with Gasteiger partial charge in [0.25, 0.3) is 5.91 Å². The molecule has 0 bridgehead atoms. The lowest BCUT2D eigenvalue weighted by atomic mass is 10.1. The van der Waals surface area contributed by atoms with Crippen molar-refractivity contribution < 1.29 is 18.8 Å². The molecule has 0 unspecified atom stereocenters. The number of urea groups is 1. The Kier molecular flexibility index (Phi) is 4.98. The molecule has 0 aromatic carbocycles. The van der Waals surface area contributed by atoms with Crippen LogP contribution in [0.4, 0.5) is 4.79 Å². The Morgan fingerprint density at radius 1 is 1.28 bits per heavy atom. The van der Waals surface area contributed by atoms with E-state index >= 15 is 0 Å². The molecule has 0 saturated carbocycles. The summed E-state index contributed by atoms with van der Waals surface area (Å²) < 4.78 is 6.99. The van der Waals surface area contributed by atoms with Gasteiger partial charge in [0.15, 0.2) is 11.5 Å². The fourth-order valence-electron chi connectivity index (χ4n) is 3.29. The van der Waals surface area contributed by atoms with Crippen molar-refractivity contribution in [3.8, 4) is 0 Å². The molecule has 150 valence electrons. The molecule has 0 aliphatic carbocycles. The summed E-state index contributed by atoms with van der Waals surface area (Å²) in [5.41, 5.74) is 0.694. The van der Waals surface area contributed by atoms with Gasteiger partial charge in [0.1, 0.15) is 11.8 Å². The summed E-state index contributed by atoms with van der Waals surface area (Å²) >= 11 is 0. The topological polar surface area (TPSA) is 122 Å². The molecule has 2 N–H and O–H groups in total. The predicted molar refractivity (Wildman–Crippen MR) is 100 cm³/mol.